The average Bonchev–Trinajstić information content (AvgIpc) is 3.03. The Balaban J connectivity index is 2.02. The van der Waals surface area contributed by atoms with Crippen LogP contribution in [0.15, 0.2) is 64.4 Å². The normalized spacial score (nSPS) is 11.8. The van der Waals surface area contributed by atoms with Crippen LogP contribution in [-0.4, -0.2) is 26.6 Å². The zero-order valence-electron chi connectivity index (χ0n) is 14.5. The minimum atomic E-state index is -4.17. The summed E-state index contributed by atoms with van der Waals surface area (Å²) in [4.78, 5) is -0.187. The van der Waals surface area contributed by atoms with E-state index in [0.717, 1.165) is 10.2 Å². The molecule has 9 nitrogen and oxygen atoms in total. The highest BCUT2D eigenvalue weighted by Gasteiger charge is 2.21. The lowest BCUT2D eigenvalue weighted by molar-refractivity contribution is 0.465. The van der Waals surface area contributed by atoms with Crippen LogP contribution in [0.25, 0.3) is 5.69 Å². The first kappa shape index (κ1) is 19.6. The Morgan fingerprint density at radius 1 is 1.00 bits per heavy atom. The van der Waals surface area contributed by atoms with Crippen molar-refractivity contribution in [1.82, 2.24) is 9.78 Å². The van der Waals surface area contributed by atoms with Gasteiger partial charge in [0.15, 0.2) is 5.69 Å². The molecule has 0 atom stereocenters. The highest BCUT2D eigenvalue weighted by molar-refractivity contribution is 7.89. The Morgan fingerprint density at radius 3 is 2.11 bits per heavy atom. The summed E-state index contributed by atoms with van der Waals surface area (Å²) in [6, 6.07) is 14.2. The summed E-state index contributed by atoms with van der Waals surface area (Å²) >= 11 is 0. The van der Waals surface area contributed by atoms with Gasteiger partial charge in [-0.15, -0.1) is 0 Å². The molecule has 0 spiro atoms. The Labute approximate surface area is 161 Å². The Hall–Kier alpha value is -3.20. The van der Waals surface area contributed by atoms with E-state index in [1.54, 1.807) is 18.2 Å². The summed E-state index contributed by atoms with van der Waals surface area (Å²) in [6.07, 6.45) is 0. The van der Waals surface area contributed by atoms with Gasteiger partial charge in [0.05, 0.1) is 10.6 Å². The number of rotatable bonds is 5. The standard InChI is InChI=1S/C17H14N4O5S2/c1-12-2-6-16(7-3-12)28(24,25)26-17-10-13(11-18)20-21(17)14-4-8-15(9-5-14)27(19,22)23/h2-10H,1H3,(H2,19,22,23). The maximum absolute atomic E-state index is 12.5. The first-order valence-electron chi connectivity index (χ1n) is 7.75. The molecule has 1 heterocycles. The van der Waals surface area contributed by atoms with Crippen LogP contribution >= 0.6 is 0 Å². The van der Waals surface area contributed by atoms with Crippen molar-refractivity contribution >= 4 is 20.1 Å². The van der Waals surface area contributed by atoms with Gasteiger partial charge in [-0.2, -0.15) is 23.5 Å². The number of sulfonamides is 1. The summed E-state index contributed by atoms with van der Waals surface area (Å²) in [7, 11) is -8.06. The number of nitriles is 1. The van der Waals surface area contributed by atoms with Crippen molar-refractivity contribution in [3.05, 3.63) is 65.9 Å². The van der Waals surface area contributed by atoms with Gasteiger partial charge in [0.1, 0.15) is 11.0 Å². The zero-order valence-corrected chi connectivity index (χ0v) is 16.1. The van der Waals surface area contributed by atoms with E-state index in [9.17, 15) is 16.8 Å². The maximum atomic E-state index is 12.5. The quantitative estimate of drug-likeness (QED) is 0.617. The Bertz CT molecular complexity index is 1270. The molecule has 2 aromatic carbocycles. The molecule has 11 heteroatoms. The highest BCUT2D eigenvalue weighted by atomic mass is 32.2. The molecule has 0 aliphatic rings. The first-order chi connectivity index (χ1) is 13.1. The van der Waals surface area contributed by atoms with E-state index in [4.69, 9.17) is 14.6 Å². The second-order valence-electron chi connectivity index (χ2n) is 5.78. The molecule has 0 amide bonds. The molecular formula is C17H14N4O5S2. The molecule has 0 bridgehead atoms. The van der Waals surface area contributed by atoms with Crippen LogP contribution in [0.1, 0.15) is 11.3 Å². The van der Waals surface area contributed by atoms with Crippen molar-refractivity contribution in [2.75, 3.05) is 0 Å². The molecule has 28 heavy (non-hydrogen) atoms. The van der Waals surface area contributed by atoms with Gasteiger partial charge >= 0.3 is 10.1 Å². The number of hydrogen-bond acceptors (Lipinski definition) is 7. The molecule has 3 aromatic rings. The monoisotopic (exact) mass is 418 g/mol. The van der Waals surface area contributed by atoms with Gasteiger partial charge in [0.25, 0.3) is 0 Å². The largest absolute Gasteiger partial charge is 0.358 e. The summed E-state index contributed by atoms with van der Waals surface area (Å²) in [5.74, 6) is -0.222. The van der Waals surface area contributed by atoms with Crippen molar-refractivity contribution < 1.29 is 21.0 Å². The van der Waals surface area contributed by atoms with Gasteiger partial charge in [-0.05, 0) is 43.3 Å². The lowest BCUT2D eigenvalue weighted by Gasteiger charge is -2.10. The van der Waals surface area contributed by atoms with E-state index in [-0.39, 0.29) is 27.1 Å². The first-order valence-corrected chi connectivity index (χ1v) is 10.7. The van der Waals surface area contributed by atoms with E-state index in [2.05, 4.69) is 5.10 Å². The van der Waals surface area contributed by atoms with E-state index >= 15 is 0 Å². The van der Waals surface area contributed by atoms with Gasteiger partial charge in [0.2, 0.25) is 15.9 Å². The van der Waals surface area contributed by atoms with Gasteiger partial charge in [-0.1, -0.05) is 17.7 Å². The number of aromatic nitrogens is 2. The van der Waals surface area contributed by atoms with Crippen LogP contribution in [0.4, 0.5) is 0 Å². The van der Waals surface area contributed by atoms with E-state index in [1.165, 1.54) is 42.5 Å². The van der Waals surface area contributed by atoms with Crippen molar-refractivity contribution in [2.45, 2.75) is 16.7 Å². The van der Waals surface area contributed by atoms with Crippen LogP contribution < -0.4 is 9.32 Å². The molecule has 1 aromatic heterocycles. The molecule has 0 saturated carbocycles. The molecule has 0 aliphatic heterocycles. The smallest absolute Gasteiger partial charge is 0.340 e. The van der Waals surface area contributed by atoms with Crippen molar-refractivity contribution in [3.63, 3.8) is 0 Å². The molecule has 0 radical (unpaired) electrons. The number of aryl methyl sites for hydroxylation is 1. The molecule has 0 fully saturated rings. The Morgan fingerprint density at radius 2 is 1.57 bits per heavy atom. The van der Waals surface area contributed by atoms with Gasteiger partial charge in [-0.25, -0.2) is 13.6 Å². The maximum Gasteiger partial charge on any atom is 0.340 e. The highest BCUT2D eigenvalue weighted by Crippen LogP contribution is 2.24. The lowest BCUT2D eigenvalue weighted by Crippen LogP contribution is -2.13. The second kappa shape index (κ2) is 7.08. The summed E-state index contributed by atoms with van der Waals surface area (Å²) in [5.41, 5.74) is 1.08. The third kappa shape index (κ3) is 4.04. The van der Waals surface area contributed by atoms with Crippen molar-refractivity contribution in [2.24, 2.45) is 5.14 Å². The molecular weight excluding hydrogens is 404 g/mol. The van der Waals surface area contributed by atoms with Crippen molar-refractivity contribution in [3.8, 4) is 17.6 Å². The van der Waals surface area contributed by atoms with Gasteiger partial charge < -0.3 is 4.18 Å². The fourth-order valence-electron chi connectivity index (χ4n) is 2.31. The lowest BCUT2D eigenvalue weighted by atomic mass is 10.2. The van der Waals surface area contributed by atoms with Gasteiger partial charge in [-0.3, -0.25) is 0 Å². The number of hydrogen-bond donors (Lipinski definition) is 1. The Kier molecular flexibility index (Phi) is 4.95. The third-order valence-corrected chi connectivity index (χ3v) is 5.87. The van der Waals surface area contributed by atoms with E-state index in [1.807, 2.05) is 6.92 Å². The topological polar surface area (TPSA) is 145 Å². The van der Waals surface area contributed by atoms with E-state index < -0.39 is 20.1 Å². The molecule has 0 aliphatic carbocycles. The number of primary sulfonamides is 1. The predicted molar refractivity (Wildman–Crippen MR) is 98.6 cm³/mol. The average molecular weight is 418 g/mol. The van der Waals surface area contributed by atoms with Crippen LogP contribution in [0.2, 0.25) is 0 Å². The predicted octanol–water partition coefficient (Wildman–Crippen LogP) is 1.47. The molecule has 2 N–H and O–H groups in total. The SMILES string of the molecule is Cc1ccc(S(=O)(=O)Oc2cc(C#N)nn2-c2ccc(S(N)(=O)=O)cc2)cc1. The third-order valence-electron chi connectivity index (χ3n) is 3.71. The second-order valence-corrected chi connectivity index (χ2v) is 8.89. The van der Waals surface area contributed by atoms with Crippen LogP contribution in [0, 0.1) is 18.3 Å². The minimum Gasteiger partial charge on any atom is -0.358 e. The fourth-order valence-corrected chi connectivity index (χ4v) is 3.73. The van der Waals surface area contributed by atoms with Crippen LogP contribution in [-0.2, 0) is 20.1 Å². The van der Waals surface area contributed by atoms with Gasteiger partial charge in [0, 0.05) is 6.07 Å². The minimum absolute atomic E-state index is 0.0612. The van der Waals surface area contributed by atoms with Crippen molar-refractivity contribution in [1.29, 1.82) is 5.26 Å². The number of benzene rings is 2. The number of nitrogens with two attached hydrogens (primary N) is 1. The van der Waals surface area contributed by atoms with E-state index in [0.29, 0.717) is 0 Å². The summed E-state index contributed by atoms with van der Waals surface area (Å²) in [5, 5.41) is 18.1. The fraction of sp³-hybridized carbons (Fsp3) is 0.0588. The molecule has 0 unspecified atom stereocenters. The zero-order chi connectivity index (χ0) is 20.5. The number of nitrogens with zero attached hydrogens (tertiary/aromatic N) is 3. The molecule has 0 saturated heterocycles. The molecule has 144 valence electrons. The van der Waals surface area contributed by atoms with Crippen LogP contribution in [0.5, 0.6) is 5.88 Å². The molecule has 3 rings (SSSR count). The van der Waals surface area contributed by atoms with Crippen LogP contribution in [0.3, 0.4) is 0 Å². The summed E-state index contributed by atoms with van der Waals surface area (Å²) in [6.45, 7) is 1.82. The summed E-state index contributed by atoms with van der Waals surface area (Å²) < 4.78 is 54.1.